The number of aryl methyl sites for hydroxylation is 2. The molecule has 0 bridgehead atoms. The minimum atomic E-state index is -0.221. The summed E-state index contributed by atoms with van der Waals surface area (Å²) in [5.74, 6) is 0.00237. The van der Waals surface area contributed by atoms with Gasteiger partial charge in [-0.2, -0.15) is 0 Å². The number of aromatic nitrogens is 3. The van der Waals surface area contributed by atoms with Gasteiger partial charge in [-0.15, -0.1) is 21.5 Å². The maximum atomic E-state index is 13.1. The molecule has 1 aliphatic heterocycles. The van der Waals surface area contributed by atoms with Gasteiger partial charge < -0.3 is 4.90 Å². The minimum absolute atomic E-state index is 0.0991. The first-order chi connectivity index (χ1) is 15.6. The van der Waals surface area contributed by atoms with Crippen LogP contribution < -0.4 is 5.32 Å². The molecule has 1 saturated heterocycles. The third-order valence-corrected chi connectivity index (χ3v) is 8.09. The largest absolute Gasteiger partial charge is 0.338 e. The summed E-state index contributed by atoms with van der Waals surface area (Å²) < 4.78 is 0. The molecule has 7 nitrogen and oxygen atoms in total. The lowest BCUT2D eigenvalue weighted by Gasteiger charge is -2.32. The first-order valence-electron chi connectivity index (χ1n) is 11.1. The lowest BCUT2D eigenvalue weighted by atomic mass is 9.89. The number of carbonyl (C=O) groups is 2. The molecule has 0 radical (unpaired) electrons. The highest BCUT2D eigenvalue weighted by molar-refractivity contribution is 7.15. The second kappa shape index (κ2) is 9.30. The summed E-state index contributed by atoms with van der Waals surface area (Å²) in [6.07, 6.45) is 1.56. The number of hydrogen-bond donors (Lipinski definition) is 1. The van der Waals surface area contributed by atoms with Crippen molar-refractivity contribution in [2.24, 2.45) is 0 Å². The lowest BCUT2D eigenvalue weighted by molar-refractivity contribution is 0.0715. The van der Waals surface area contributed by atoms with Crippen LogP contribution in [0, 0.1) is 13.8 Å². The van der Waals surface area contributed by atoms with Crippen molar-refractivity contribution in [3.8, 4) is 0 Å². The van der Waals surface area contributed by atoms with Crippen molar-refractivity contribution in [1.29, 1.82) is 0 Å². The number of thiophene rings is 1. The standard InChI is InChI=1S/C24H29N5O2S2/c1-14-10-13-32-19(14)21(31)29-11-8-16(9-12-29)18-17(7-6-15(2)25-18)20(30)26-23-28-27-22(33-23)24(3,4)5/h6-7,10,13,16H,8-9,11-12H2,1-5H3,(H,26,28,30). The van der Waals surface area contributed by atoms with E-state index in [0.717, 1.165) is 39.7 Å². The molecule has 0 saturated carbocycles. The van der Waals surface area contributed by atoms with Crippen molar-refractivity contribution in [3.05, 3.63) is 56.0 Å². The molecule has 0 aromatic carbocycles. The monoisotopic (exact) mass is 483 g/mol. The van der Waals surface area contributed by atoms with Gasteiger partial charge in [-0.25, -0.2) is 0 Å². The molecular weight excluding hydrogens is 454 g/mol. The van der Waals surface area contributed by atoms with Crippen LogP contribution in [0.1, 0.15) is 81.5 Å². The van der Waals surface area contributed by atoms with Gasteiger partial charge in [-0.05, 0) is 55.8 Å². The fourth-order valence-corrected chi connectivity index (χ4v) is 5.60. The Bertz CT molecular complexity index is 1170. The number of amides is 2. The Morgan fingerprint density at radius 1 is 1.09 bits per heavy atom. The lowest BCUT2D eigenvalue weighted by Crippen LogP contribution is -2.38. The predicted molar refractivity (Wildman–Crippen MR) is 132 cm³/mol. The topological polar surface area (TPSA) is 88.1 Å². The van der Waals surface area contributed by atoms with E-state index in [1.165, 1.54) is 22.7 Å². The van der Waals surface area contributed by atoms with Crippen LogP contribution in [0.15, 0.2) is 23.6 Å². The van der Waals surface area contributed by atoms with E-state index in [9.17, 15) is 9.59 Å². The van der Waals surface area contributed by atoms with Crippen molar-refractivity contribution in [2.75, 3.05) is 18.4 Å². The normalized spacial score (nSPS) is 15.0. The van der Waals surface area contributed by atoms with E-state index in [-0.39, 0.29) is 23.1 Å². The zero-order valence-corrected chi connectivity index (χ0v) is 21.3. The van der Waals surface area contributed by atoms with E-state index in [4.69, 9.17) is 4.98 Å². The number of nitrogens with one attached hydrogen (secondary N) is 1. The summed E-state index contributed by atoms with van der Waals surface area (Å²) in [4.78, 5) is 33.5. The molecule has 0 atom stereocenters. The van der Waals surface area contributed by atoms with Gasteiger partial charge in [0, 0.05) is 30.1 Å². The highest BCUT2D eigenvalue weighted by Gasteiger charge is 2.29. The second-order valence-electron chi connectivity index (χ2n) is 9.50. The number of likely N-dealkylation sites (tertiary alicyclic amines) is 1. The maximum absolute atomic E-state index is 13.1. The van der Waals surface area contributed by atoms with Gasteiger partial charge in [0.1, 0.15) is 5.01 Å². The van der Waals surface area contributed by atoms with Crippen LogP contribution in [0.3, 0.4) is 0 Å². The van der Waals surface area contributed by atoms with Gasteiger partial charge in [-0.3, -0.25) is 19.9 Å². The van der Waals surface area contributed by atoms with Crippen molar-refractivity contribution < 1.29 is 9.59 Å². The fraction of sp³-hybridized carbons (Fsp3) is 0.458. The Balaban J connectivity index is 1.48. The second-order valence-corrected chi connectivity index (χ2v) is 11.4. The molecule has 1 fully saturated rings. The fourth-order valence-electron chi connectivity index (χ4n) is 3.91. The van der Waals surface area contributed by atoms with E-state index in [0.29, 0.717) is 23.8 Å². The first kappa shape index (κ1) is 23.5. The van der Waals surface area contributed by atoms with Crippen molar-refractivity contribution in [1.82, 2.24) is 20.1 Å². The number of nitrogens with zero attached hydrogens (tertiary/aromatic N) is 4. The molecule has 4 heterocycles. The molecule has 3 aromatic heterocycles. The molecule has 1 aliphatic rings. The molecule has 4 rings (SSSR count). The summed E-state index contributed by atoms with van der Waals surface area (Å²) in [6, 6.07) is 5.68. The number of pyridine rings is 1. The summed E-state index contributed by atoms with van der Waals surface area (Å²) in [5, 5.41) is 14.6. The molecular formula is C24H29N5O2S2. The molecule has 1 N–H and O–H groups in total. The Morgan fingerprint density at radius 3 is 2.42 bits per heavy atom. The van der Waals surface area contributed by atoms with Crippen LogP contribution in [-0.2, 0) is 5.41 Å². The van der Waals surface area contributed by atoms with Gasteiger partial charge >= 0.3 is 0 Å². The minimum Gasteiger partial charge on any atom is -0.338 e. The number of anilines is 1. The molecule has 0 unspecified atom stereocenters. The smallest absolute Gasteiger partial charge is 0.264 e. The highest BCUT2D eigenvalue weighted by atomic mass is 32.1. The van der Waals surface area contributed by atoms with Crippen LogP contribution in [0.2, 0.25) is 0 Å². The van der Waals surface area contributed by atoms with E-state index in [2.05, 4.69) is 36.3 Å². The number of carbonyl (C=O) groups excluding carboxylic acids is 2. The summed E-state index contributed by atoms with van der Waals surface area (Å²) in [6.45, 7) is 11.4. The Kier molecular flexibility index (Phi) is 6.63. The zero-order chi connectivity index (χ0) is 23.8. The molecule has 0 aliphatic carbocycles. The average molecular weight is 484 g/mol. The summed E-state index contributed by atoms with van der Waals surface area (Å²) in [5.41, 5.74) is 3.14. The molecule has 0 spiro atoms. The average Bonchev–Trinajstić information content (AvgIpc) is 3.42. The van der Waals surface area contributed by atoms with Crippen molar-refractivity contribution >= 4 is 39.6 Å². The number of hydrogen-bond acceptors (Lipinski definition) is 7. The van der Waals surface area contributed by atoms with Crippen LogP contribution in [0.25, 0.3) is 0 Å². The molecule has 3 aromatic rings. The Morgan fingerprint density at radius 2 is 1.82 bits per heavy atom. The van der Waals surface area contributed by atoms with Crippen molar-refractivity contribution in [2.45, 2.75) is 58.8 Å². The van der Waals surface area contributed by atoms with Crippen LogP contribution in [0.4, 0.5) is 5.13 Å². The first-order valence-corrected chi connectivity index (χ1v) is 12.8. The number of rotatable bonds is 4. The van der Waals surface area contributed by atoms with Crippen LogP contribution >= 0.6 is 22.7 Å². The third-order valence-electron chi connectivity index (χ3n) is 5.82. The number of piperidine rings is 1. The maximum Gasteiger partial charge on any atom is 0.264 e. The van der Waals surface area contributed by atoms with E-state index >= 15 is 0 Å². The van der Waals surface area contributed by atoms with E-state index in [1.807, 2.05) is 42.3 Å². The molecule has 9 heteroatoms. The molecule has 33 heavy (non-hydrogen) atoms. The predicted octanol–water partition coefficient (Wildman–Crippen LogP) is 5.18. The van der Waals surface area contributed by atoms with Crippen molar-refractivity contribution in [3.63, 3.8) is 0 Å². The third kappa shape index (κ3) is 5.14. The SMILES string of the molecule is Cc1ccc(C(=O)Nc2nnc(C(C)(C)C)s2)c(C2CCN(C(=O)c3sccc3C)CC2)n1. The quantitative estimate of drug-likeness (QED) is 0.552. The summed E-state index contributed by atoms with van der Waals surface area (Å²) >= 11 is 2.89. The molecule has 2 amide bonds. The van der Waals surface area contributed by atoms with Gasteiger partial charge in [0.05, 0.1) is 16.1 Å². The zero-order valence-electron chi connectivity index (χ0n) is 19.6. The van der Waals surface area contributed by atoms with Gasteiger partial charge in [0.25, 0.3) is 11.8 Å². The highest BCUT2D eigenvalue weighted by Crippen LogP contribution is 2.32. The molecule has 174 valence electrons. The van der Waals surface area contributed by atoms with Gasteiger partial charge in [0.15, 0.2) is 0 Å². The van der Waals surface area contributed by atoms with Gasteiger partial charge in [-0.1, -0.05) is 32.1 Å². The summed E-state index contributed by atoms with van der Waals surface area (Å²) in [7, 11) is 0. The van der Waals surface area contributed by atoms with E-state index < -0.39 is 0 Å². The Hall–Kier alpha value is -2.65. The van der Waals surface area contributed by atoms with Gasteiger partial charge in [0.2, 0.25) is 5.13 Å². The van der Waals surface area contributed by atoms with Crippen LogP contribution in [0.5, 0.6) is 0 Å². The van der Waals surface area contributed by atoms with Crippen LogP contribution in [-0.4, -0.2) is 45.0 Å². The van der Waals surface area contributed by atoms with E-state index in [1.54, 1.807) is 0 Å². The Labute approximate surface area is 202 Å².